The molecule has 0 aromatic heterocycles. The van der Waals surface area contributed by atoms with Gasteiger partial charge in [-0.3, -0.25) is 0 Å². The van der Waals surface area contributed by atoms with Gasteiger partial charge in [0.15, 0.2) is 0 Å². The standard InChI is InChI=1S/C18H14O4/c19-17(20)11-9-13-5-1-3-7-15(13)16-8-4-2-6-14(16)10-12-18(21)22/h1-12H,(H,19,20)(H,21,22)/b11-9+,12-10+. The van der Waals surface area contributed by atoms with Crippen molar-refractivity contribution < 1.29 is 19.8 Å². The molecule has 2 N–H and O–H groups in total. The van der Waals surface area contributed by atoms with E-state index in [0.29, 0.717) is 0 Å². The summed E-state index contributed by atoms with van der Waals surface area (Å²) in [6, 6.07) is 14.7. The molecule has 0 aliphatic carbocycles. The SMILES string of the molecule is O=C(O)/C=C/c1ccccc1-c1ccccc1/C=C/C(=O)O. The van der Waals surface area contributed by atoms with Crippen molar-refractivity contribution in [1.82, 2.24) is 0 Å². The Kier molecular flexibility index (Phi) is 4.88. The van der Waals surface area contributed by atoms with Gasteiger partial charge in [0.1, 0.15) is 0 Å². The number of carboxylic acid groups (broad SMARTS) is 2. The molecule has 0 heterocycles. The summed E-state index contributed by atoms with van der Waals surface area (Å²) in [6.45, 7) is 0. The van der Waals surface area contributed by atoms with Crippen LogP contribution in [0.3, 0.4) is 0 Å². The van der Waals surface area contributed by atoms with Gasteiger partial charge in [-0.1, -0.05) is 48.5 Å². The van der Waals surface area contributed by atoms with Crippen LogP contribution in [0.4, 0.5) is 0 Å². The Bertz CT molecular complexity index is 692. The number of rotatable bonds is 5. The van der Waals surface area contributed by atoms with Gasteiger partial charge in [-0.05, 0) is 34.4 Å². The zero-order chi connectivity index (χ0) is 15.9. The minimum absolute atomic E-state index is 0.751. The fourth-order valence-corrected chi connectivity index (χ4v) is 2.10. The molecule has 0 saturated carbocycles. The quantitative estimate of drug-likeness (QED) is 0.827. The number of hydrogen-bond donors (Lipinski definition) is 2. The molecular weight excluding hydrogens is 280 g/mol. The van der Waals surface area contributed by atoms with Crippen molar-refractivity contribution in [3.8, 4) is 11.1 Å². The minimum Gasteiger partial charge on any atom is -0.478 e. The highest BCUT2D eigenvalue weighted by Crippen LogP contribution is 2.28. The highest BCUT2D eigenvalue weighted by Gasteiger charge is 2.06. The molecule has 0 radical (unpaired) electrons. The second-order valence-electron chi connectivity index (χ2n) is 4.52. The van der Waals surface area contributed by atoms with Gasteiger partial charge in [-0.2, -0.15) is 0 Å². The average molecular weight is 294 g/mol. The van der Waals surface area contributed by atoms with E-state index in [0.717, 1.165) is 34.4 Å². The fraction of sp³-hybridized carbons (Fsp3) is 0. The molecule has 0 amide bonds. The van der Waals surface area contributed by atoms with Crippen molar-refractivity contribution >= 4 is 24.1 Å². The van der Waals surface area contributed by atoms with Gasteiger partial charge in [0.25, 0.3) is 0 Å². The van der Waals surface area contributed by atoms with E-state index in [-0.39, 0.29) is 0 Å². The largest absolute Gasteiger partial charge is 0.478 e. The fourth-order valence-electron chi connectivity index (χ4n) is 2.10. The van der Waals surface area contributed by atoms with Crippen LogP contribution in [0.15, 0.2) is 60.7 Å². The highest BCUT2D eigenvalue weighted by atomic mass is 16.4. The van der Waals surface area contributed by atoms with Crippen LogP contribution in [-0.4, -0.2) is 22.2 Å². The summed E-state index contributed by atoms with van der Waals surface area (Å²) in [5.41, 5.74) is 3.18. The third kappa shape index (κ3) is 3.93. The van der Waals surface area contributed by atoms with Gasteiger partial charge in [0.2, 0.25) is 0 Å². The molecule has 4 nitrogen and oxygen atoms in total. The normalized spacial score (nSPS) is 11.1. The summed E-state index contributed by atoms with van der Waals surface area (Å²) in [5, 5.41) is 17.5. The van der Waals surface area contributed by atoms with Crippen LogP contribution in [0.2, 0.25) is 0 Å². The number of aliphatic carboxylic acids is 2. The third-order valence-electron chi connectivity index (χ3n) is 3.02. The lowest BCUT2D eigenvalue weighted by molar-refractivity contribution is -0.132. The lowest BCUT2D eigenvalue weighted by Gasteiger charge is -2.09. The van der Waals surface area contributed by atoms with Gasteiger partial charge >= 0.3 is 11.9 Å². The van der Waals surface area contributed by atoms with E-state index in [2.05, 4.69) is 0 Å². The molecule has 22 heavy (non-hydrogen) atoms. The summed E-state index contributed by atoms with van der Waals surface area (Å²) in [5.74, 6) is -2.04. The number of carboxylic acids is 2. The Morgan fingerprint density at radius 3 is 1.41 bits per heavy atom. The van der Waals surface area contributed by atoms with E-state index < -0.39 is 11.9 Å². The van der Waals surface area contributed by atoms with Crippen LogP contribution >= 0.6 is 0 Å². The molecule has 0 unspecified atom stereocenters. The Labute approximate surface area is 127 Å². The Hall–Kier alpha value is -3.14. The molecule has 0 bridgehead atoms. The number of carbonyl (C=O) groups is 2. The number of hydrogen-bond acceptors (Lipinski definition) is 2. The van der Waals surface area contributed by atoms with E-state index in [1.165, 1.54) is 12.2 Å². The van der Waals surface area contributed by atoms with Gasteiger partial charge in [-0.25, -0.2) is 9.59 Å². The monoisotopic (exact) mass is 294 g/mol. The molecule has 2 rings (SSSR count). The maximum atomic E-state index is 10.7. The van der Waals surface area contributed by atoms with E-state index in [1.807, 2.05) is 48.5 Å². The van der Waals surface area contributed by atoms with Crippen LogP contribution in [0.1, 0.15) is 11.1 Å². The van der Waals surface area contributed by atoms with Crippen LogP contribution in [0.25, 0.3) is 23.3 Å². The zero-order valence-corrected chi connectivity index (χ0v) is 11.6. The Morgan fingerprint density at radius 2 is 1.05 bits per heavy atom. The molecule has 2 aromatic rings. The zero-order valence-electron chi connectivity index (χ0n) is 11.6. The molecule has 0 fully saturated rings. The highest BCUT2D eigenvalue weighted by molar-refractivity contribution is 5.91. The van der Waals surface area contributed by atoms with Gasteiger partial charge in [0, 0.05) is 12.2 Å². The van der Waals surface area contributed by atoms with Crippen molar-refractivity contribution in [1.29, 1.82) is 0 Å². The van der Waals surface area contributed by atoms with Gasteiger partial charge < -0.3 is 10.2 Å². The first-order valence-electron chi connectivity index (χ1n) is 6.58. The van der Waals surface area contributed by atoms with Crippen molar-refractivity contribution in [2.45, 2.75) is 0 Å². The first-order valence-corrected chi connectivity index (χ1v) is 6.58. The molecule has 2 aromatic carbocycles. The maximum absolute atomic E-state index is 10.7. The molecule has 4 heteroatoms. The average Bonchev–Trinajstić information content (AvgIpc) is 2.51. The van der Waals surface area contributed by atoms with E-state index in [4.69, 9.17) is 10.2 Å². The lowest BCUT2D eigenvalue weighted by Crippen LogP contribution is -1.90. The first-order chi connectivity index (χ1) is 10.6. The van der Waals surface area contributed by atoms with E-state index in [9.17, 15) is 9.59 Å². The summed E-state index contributed by atoms with van der Waals surface area (Å²) in [4.78, 5) is 21.4. The predicted octanol–water partition coefficient (Wildman–Crippen LogP) is 3.55. The Balaban J connectivity index is 2.53. The van der Waals surface area contributed by atoms with Crippen molar-refractivity contribution in [2.75, 3.05) is 0 Å². The second kappa shape index (κ2) is 7.04. The predicted molar refractivity (Wildman–Crippen MR) is 85.2 cm³/mol. The summed E-state index contributed by atoms with van der Waals surface area (Å²) >= 11 is 0. The molecular formula is C18H14O4. The van der Waals surface area contributed by atoms with E-state index in [1.54, 1.807) is 0 Å². The van der Waals surface area contributed by atoms with Crippen molar-refractivity contribution in [3.05, 3.63) is 71.8 Å². The smallest absolute Gasteiger partial charge is 0.328 e. The summed E-state index contributed by atoms with van der Waals surface area (Å²) in [7, 11) is 0. The summed E-state index contributed by atoms with van der Waals surface area (Å²) in [6.07, 6.45) is 5.20. The first kappa shape index (κ1) is 15.3. The van der Waals surface area contributed by atoms with Crippen LogP contribution in [0, 0.1) is 0 Å². The Morgan fingerprint density at radius 1 is 0.682 bits per heavy atom. The van der Waals surface area contributed by atoms with Crippen LogP contribution < -0.4 is 0 Å². The molecule has 0 saturated heterocycles. The third-order valence-corrected chi connectivity index (χ3v) is 3.02. The number of benzene rings is 2. The van der Waals surface area contributed by atoms with Crippen LogP contribution in [-0.2, 0) is 9.59 Å². The summed E-state index contributed by atoms with van der Waals surface area (Å²) < 4.78 is 0. The van der Waals surface area contributed by atoms with Crippen molar-refractivity contribution in [3.63, 3.8) is 0 Å². The maximum Gasteiger partial charge on any atom is 0.328 e. The topological polar surface area (TPSA) is 74.6 Å². The molecule has 0 aliphatic heterocycles. The van der Waals surface area contributed by atoms with Gasteiger partial charge in [0.05, 0.1) is 0 Å². The van der Waals surface area contributed by atoms with Gasteiger partial charge in [-0.15, -0.1) is 0 Å². The van der Waals surface area contributed by atoms with Crippen LogP contribution in [0.5, 0.6) is 0 Å². The second-order valence-corrected chi connectivity index (χ2v) is 4.52. The molecule has 0 spiro atoms. The molecule has 0 aliphatic rings. The molecule has 0 atom stereocenters. The van der Waals surface area contributed by atoms with Crippen molar-refractivity contribution in [2.24, 2.45) is 0 Å². The molecule has 110 valence electrons. The lowest BCUT2D eigenvalue weighted by atomic mass is 9.95. The minimum atomic E-state index is -1.02. The van der Waals surface area contributed by atoms with E-state index >= 15 is 0 Å².